The summed E-state index contributed by atoms with van der Waals surface area (Å²) in [5.74, 6) is 0.729. The minimum atomic E-state index is 0.293. The number of hydrogen-bond donors (Lipinski definition) is 2. The van der Waals surface area contributed by atoms with E-state index in [9.17, 15) is 0 Å². The quantitative estimate of drug-likeness (QED) is 0.554. The molecule has 5 heteroatoms. The Balaban J connectivity index is 1.69. The molecule has 2 heterocycles. The van der Waals surface area contributed by atoms with E-state index in [-0.39, 0.29) is 0 Å². The third-order valence-electron chi connectivity index (χ3n) is 5.10. The van der Waals surface area contributed by atoms with Gasteiger partial charge < -0.3 is 15.7 Å². The van der Waals surface area contributed by atoms with Crippen LogP contribution in [0.2, 0.25) is 0 Å². The Morgan fingerprint density at radius 2 is 2.07 bits per heavy atom. The Morgan fingerprint density at radius 1 is 1.26 bits per heavy atom. The molecule has 2 aromatic rings. The third kappa shape index (κ3) is 5.17. The van der Waals surface area contributed by atoms with Gasteiger partial charge in [-0.3, -0.25) is 4.31 Å². The highest BCUT2D eigenvalue weighted by atomic mass is 32.2. The zero-order valence-corrected chi connectivity index (χ0v) is 17.6. The molecule has 0 aliphatic carbocycles. The molecule has 27 heavy (non-hydrogen) atoms. The monoisotopic (exact) mass is 384 g/mol. The number of benzene rings is 1. The molecule has 1 aliphatic heterocycles. The van der Waals surface area contributed by atoms with Gasteiger partial charge in [0.2, 0.25) is 0 Å². The zero-order valence-electron chi connectivity index (χ0n) is 16.7. The SMILES string of the molecule is CC(C)(C)SN1CCCC(Cn2ccc3cc(/C(C=N)=C/N)ccc32)CC1. The summed E-state index contributed by atoms with van der Waals surface area (Å²) in [7, 11) is 0. The first-order valence-electron chi connectivity index (χ1n) is 9.85. The predicted octanol–water partition coefficient (Wildman–Crippen LogP) is 5.14. The normalized spacial score (nSPS) is 20.0. The molecule has 1 aliphatic rings. The number of fused-ring (bicyclic) bond motifs is 1. The van der Waals surface area contributed by atoms with Crippen molar-refractivity contribution < 1.29 is 0 Å². The molecule has 146 valence electrons. The summed E-state index contributed by atoms with van der Waals surface area (Å²) in [4.78, 5) is 0. The van der Waals surface area contributed by atoms with Crippen LogP contribution in [0.5, 0.6) is 0 Å². The number of allylic oxidation sites excluding steroid dienone is 1. The molecule has 3 rings (SSSR count). The Kier molecular flexibility index (Phi) is 6.33. The van der Waals surface area contributed by atoms with Crippen LogP contribution in [0.1, 0.15) is 45.6 Å². The minimum absolute atomic E-state index is 0.293. The van der Waals surface area contributed by atoms with E-state index in [1.807, 2.05) is 11.9 Å². The van der Waals surface area contributed by atoms with E-state index in [1.54, 1.807) is 0 Å². The molecular weight excluding hydrogens is 352 g/mol. The van der Waals surface area contributed by atoms with Crippen molar-refractivity contribution >= 4 is 34.6 Å². The van der Waals surface area contributed by atoms with Crippen LogP contribution in [0.15, 0.2) is 36.7 Å². The summed E-state index contributed by atoms with van der Waals surface area (Å²) in [6.07, 6.45) is 8.85. The van der Waals surface area contributed by atoms with Gasteiger partial charge >= 0.3 is 0 Å². The predicted molar refractivity (Wildman–Crippen MR) is 119 cm³/mol. The molecule has 1 unspecified atom stereocenters. The number of rotatable bonds is 5. The van der Waals surface area contributed by atoms with Crippen LogP contribution in [0.3, 0.4) is 0 Å². The van der Waals surface area contributed by atoms with Crippen LogP contribution < -0.4 is 5.73 Å². The van der Waals surface area contributed by atoms with Crippen LogP contribution >= 0.6 is 11.9 Å². The van der Waals surface area contributed by atoms with Gasteiger partial charge in [0.15, 0.2) is 0 Å². The number of nitrogens with zero attached hydrogens (tertiary/aromatic N) is 2. The minimum Gasteiger partial charge on any atom is -0.404 e. The number of nitrogens with two attached hydrogens (primary N) is 1. The van der Waals surface area contributed by atoms with Crippen LogP contribution in [0, 0.1) is 11.3 Å². The molecule has 0 spiro atoms. The molecule has 0 bridgehead atoms. The van der Waals surface area contributed by atoms with Gasteiger partial charge in [-0.1, -0.05) is 18.0 Å². The van der Waals surface area contributed by atoms with Crippen molar-refractivity contribution in [2.75, 3.05) is 13.1 Å². The molecule has 1 aromatic carbocycles. The van der Waals surface area contributed by atoms with Crippen LogP contribution in [0.25, 0.3) is 16.5 Å². The fourth-order valence-electron chi connectivity index (χ4n) is 3.84. The lowest BCUT2D eigenvalue weighted by atomic mass is 10.0. The van der Waals surface area contributed by atoms with Crippen molar-refractivity contribution in [2.45, 2.75) is 51.3 Å². The standard InChI is InChI=1S/C22H32N4S/c1-22(2,3)27-26-10-4-5-17(8-12-26)16-25-11-9-19-13-18(6-7-21(19)25)20(14-23)15-24/h6-7,9,11,13-15,17,23H,4-5,8,10,12,16,24H2,1-3H3/b20-15+,23-14?. The summed E-state index contributed by atoms with van der Waals surface area (Å²) < 4.78 is 5.26. The van der Waals surface area contributed by atoms with Crippen molar-refractivity contribution in [3.8, 4) is 0 Å². The van der Waals surface area contributed by atoms with E-state index < -0.39 is 0 Å². The fourth-order valence-corrected chi connectivity index (χ4v) is 5.04. The third-order valence-corrected chi connectivity index (χ3v) is 6.27. The molecule has 3 N–H and O–H groups in total. The Hall–Kier alpha value is -1.72. The molecule has 4 nitrogen and oxygen atoms in total. The van der Waals surface area contributed by atoms with Crippen molar-refractivity contribution in [3.63, 3.8) is 0 Å². The van der Waals surface area contributed by atoms with Gasteiger partial charge in [-0.25, -0.2) is 0 Å². The molecule has 0 amide bonds. The Morgan fingerprint density at radius 3 is 2.78 bits per heavy atom. The summed E-state index contributed by atoms with van der Waals surface area (Å²) in [6, 6.07) is 8.53. The highest BCUT2D eigenvalue weighted by Gasteiger charge is 2.22. The lowest BCUT2D eigenvalue weighted by Crippen LogP contribution is -2.24. The summed E-state index contributed by atoms with van der Waals surface area (Å²) in [5.41, 5.74) is 8.65. The molecule has 0 radical (unpaired) electrons. The first-order valence-corrected chi connectivity index (χ1v) is 10.6. The Labute approximate surface area is 167 Å². The largest absolute Gasteiger partial charge is 0.404 e. The molecule has 0 saturated carbocycles. The smallest absolute Gasteiger partial charge is 0.0480 e. The van der Waals surface area contributed by atoms with Crippen molar-refractivity contribution in [2.24, 2.45) is 11.7 Å². The van der Waals surface area contributed by atoms with Crippen LogP contribution in [0.4, 0.5) is 0 Å². The van der Waals surface area contributed by atoms with E-state index in [1.165, 1.54) is 55.7 Å². The maximum atomic E-state index is 7.49. The summed E-state index contributed by atoms with van der Waals surface area (Å²) >= 11 is 2.00. The maximum absolute atomic E-state index is 7.49. The van der Waals surface area contributed by atoms with Gasteiger partial charge in [0.25, 0.3) is 0 Å². The van der Waals surface area contributed by atoms with Crippen LogP contribution in [-0.2, 0) is 6.54 Å². The second kappa shape index (κ2) is 8.53. The van der Waals surface area contributed by atoms with E-state index in [0.717, 1.165) is 23.6 Å². The maximum Gasteiger partial charge on any atom is 0.0480 e. The van der Waals surface area contributed by atoms with E-state index >= 15 is 0 Å². The van der Waals surface area contributed by atoms with Gasteiger partial charge in [-0.2, -0.15) is 0 Å². The Bertz CT molecular complexity index is 815. The van der Waals surface area contributed by atoms with Gasteiger partial charge in [-0.15, -0.1) is 0 Å². The average molecular weight is 385 g/mol. The first-order chi connectivity index (χ1) is 12.9. The highest BCUT2D eigenvalue weighted by Crippen LogP contribution is 2.31. The second-order valence-corrected chi connectivity index (χ2v) is 10.4. The van der Waals surface area contributed by atoms with Gasteiger partial charge in [-0.05, 0) is 69.7 Å². The molecule has 1 atom stereocenters. The van der Waals surface area contributed by atoms with Crippen LogP contribution in [-0.4, -0.2) is 32.9 Å². The number of hydrogen-bond acceptors (Lipinski definition) is 4. The topological polar surface area (TPSA) is 58.0 Å². The summed E-state index contributed by atoms with van der Waals surface area (Å²) in [5, 5.41) is 8.70. The molecular formula is C22H32N4S. The zero-order chi connectivity index (χ0) is 19.4. The molecule has 1 fully saturated rings. The highest BCUT2D eigenvalue weighted by molar-refractivity contribution is 7.98. The van der Waals surface area contributed by atoms with Crippen molar-refractivity contribution in [1.82, 2.24) is 8.87 Å². The van der Waals surface area contributed by atoms with E-state index in [0.29, 0.717) is 4.75 Å². The lowest BCUT2D eigenvalue weighted by molar-refractivity contribution is 0.399. The van der Waals surface area contributed by atoms with Gasteiger partial charge in [0.05, 0.1) is 0 Å². The second-order valence-electron chi connectivity index (χ2n) is 8.44. The molecule has 1 aromatic heterocycles. The van der Waals surface area contributed by atoms with Gasteiger partial charge in [0.1, 0.15) is 0 Å². The fraction of sp³-hybridized carbons (Fsp3) is 0.500. The number of aromatic nitrogens is 1. The number of nitrogens with one attached hydrogen (secondary N) is 1. The average Bonchev–Trinajstić information content (AvgIpc) is 2.88. The summed E-state index contributed by atoms with van der Waals surface area (Å²) in [6.45, 7) is 10.4. The van der Waals surface area contributed by atoms with Crippen molar-refractivity contribution in [3.05, 3.63) is 42.2 Å². The van der Waals surface area contributed by atoms with Gasteiger partial charge in [0, 0.05) is 59.5 Å². The molecule has 1 saturated heterocycles. The van der Waals surface area contributed by atoms with E-state index in [2.05, 4.69) is 60.1 Å². The lowest BCUT2D eigenvalue weighted by Gasteiger charge is -2.27. The van der Waals surface area contributed by atoms with E-state index in [4.69, 9.17) is 11.1 Å². The van der Waals surface area contributed by atoms with Crippen molar-refractivity contribution in [1.29, 1.82) is 5.41 Å². The first kappa shape index (κ1) is 20.0.